The minimum atomic E-state index is -0.287. The van der Waals surface area contributed by atoms with Gasteiger partial charge in [-0.2, -0.15) is 0 Å². The first-order valence-electron chi connectivity index (χ1n) is 12.6. The Morgan fingerprint density at radius 2 is 1.70 bits per heavy atom. The third-order valence-corrected chi connectivity index (χ3v) is 7.88. The van der Waals surface area contributed by atoms with E-state index < -0.39 is 0 Å². The van der Waals surface area contributed by atoms with E-state index in [1.165, 1.54) is 17.5 Å². The van der Waals surface area contributed by atoms with Crippen LogP contribution in [0.4, 0.5) is 0 Å². The average molecular weight is 446 g/mol. The fraction of sp³-hybridized carbons (Fsp3) is 0.500. The number of hydrogen-bond donors (Lipinski definition) is 1. The molecule has 2 aromatic rings. The molecule has 2 aromatic carbocycles. The van der Waals surface area contributed by atoms with Gasteiger partial charge >= 0.3 is 0 Å². The van der Waals surface area contributed by atoms with Gasteiger partial charge in [0, 0.05) is 26.2 Å². The predicted octanol–water partition coefficient (Wildman–Crippen LogP) is 4.09. The van der Waals surface area contributed by atoms with Crippen LogP contribution in [-0.4, -0.2) is 47.8 Å². The van der Waals surface area contributed by atoms with E-state index in [1.807, 2.05) is 23.1 Å². The van der Waals surface area contributed by atoms with E-state index in [1.54, 1.807) is 0 Å². The first-order chi connectivity index (χ1) is 16.2. The fourth-order valence-corrected chi connectivity index (χ4v) is 6.21. The third-order valence-electron chi connectivity index (χ3n) is 7.88. The molecule has 2 heterocycles. The molecule has 2 fully saturated rings. The minimum absolute atomic E-state index is 0.0330. The van der Waals surface area contributed by atoms with Gasteiger partial charge in [-0.25, -0.2) is 0 Å². The molecular weight excluding hydrogens is 410 g/mol. The first kappa shape index (κ1) is 22.1. The molecule has 0 bridgehead atoms. The van der Waals surface area contributed by atoms with Crippen molar-refractivity contribution in [2.45, 2.75) is 57.5 Å². The van der Waals surface area contributed by atoms with Crippen molar-refractivity contribution in [2.75, 3.05) is 26.2 Å². The smallest absolute Gasteiger partial charge is 0.239 e. The van der Waals surface area contributed by atoms with Gasteiger partial charge in [0.15, 0.2) is 0 Å². The number of benzene rings is 2. The molecule has 1 spiro atoms. The highest BCUT2D eigenvalue weighted by atomic mass is 16.2. The van der Waals surface area contributed by atoms with E-state index in [4.69, 9.17) is 0 Å². The largest absolute Gasteiger partial charge is 0.355 e. The lowest BCUT2D eigenvalue weighted by Gasteiger charge is -2.58. The topological polar surface area (TPSA) is 52.7 Å². The zero-order chi connectivity index (χ0) is 22.7. The molecule has 1 saturated heterocycles. The number of rotatable bonds is 7. The van der Waals surface area contributed by atoms with E-state index in [2.05, 4.69) is 46.6 Å². The zero-order valence-electron chi connectivity index (χ0n) is 19.5. The van der Waals surface area contributed by atoms with Crippen molar-refractivity contribution in [1.82, 2.24) is 15.1 Å². The van der Waals surface area contributed by atoms with Gasteiger partial charge in [-0.1, -0.05) is 73.9 Å². The Bertz CT molecular complexity index is 984. The standard InChI is InChI=1S/C28H35N3O2/c32-25(29-17-9-18-30-19-14-22-10-5-6-13-24(22)20-30)21-31-26(23-11-3-1-4-12-23)28(27(31)33)15-7-2-8-16-28/h1,3-6,10-13,26H,2,7-9,14-21H2,(H,29,32). The molecule has 1 N–H and O–H groups in total. The number of hydrogen-bond acceptors (Lipinski definition) is 3. The van der Waals surface area contributed by atoms with Crippen molar-refractivity contribution < 1.29 is 9.59 Å². The predicted molar refractivity (Wildman–Crippen MR) is 129 cm³/mol. The monoisotopic (exact) mass is 445 g/mol. The van der Waals surface area contributed by atoms with Crippen LogP contribution < -0.4 is 5.32 Å². The summed E-state index contributed by atoms with van der Waals surface area (Å²) in [6, 6.07) is 19.0. The van der Waals surface area contributed by atoms with Gasteiger partial charge in [0.25, 0.3) is 0 Å². The highest BCUT2D eigenvalue weighted by Crippen LogP contribution is 2.57. The summed E-state index contributed by atoms with van der Waals surface area (Å²) in [6.45, 7) is 3.87. The summed E-state index contributed by atoms with van der Waals surface area (Å²) in [5.41, 5.74) is 3.76. The van der Waals surface area contributed by atoms with Crippen molar-refractivity contribution >= 4 is 11.8 Å². The van der Waals surface area contributed by atoms with E-state index in [0.717, 1.165) is 63.7 Å². The molecule has 33 heavy (non-hydrogen) atoms. The van der Waals surface area contributed by atoms with Crippen LogP contribution in [0, 0.1) is 5.41 Å². The van der Waals surface area contributed by atoms with Crippen molar-refractivity contribution in [2.24, 2.45) is 5.41 Å². The molecule has 174 valence electrons. The normalized spacial score (nSPS) is 22.0. The number of nitrogens with one attached hydrogen (secondary N) is 1. The molecule has 0 aromatic heterocycles. The molecular formula is C28H35N3O2. The van der Waals surface area contributed by atoms with Gasteiger partial charge in [-0.15, -0.1) is 0 Å². The summed E-state index contributed by atoms with van der Waals surface area (Å²) in [6.07, 6.45) is 7.34. The van der Waals surface area contributed by atoms with Gasteiger partial charge in [0.1, 0.15) is 6.54 Å². The number of β-lactam (4-membered cyclic amide) rings is 1. The lowest BCUT2D eigenvalue weighted by Crippen LogP contribution is -2.65. The van der Waals surface area contributed by atoms with Crippen LogP contribution in [0.2, 0.25) is 0 Å². The van der Waals surface area contributed by atoms with Crippen molar-refractivity contribution in [3.05, 3.63) is 71.3 Å². The van der Waals surface area contributed by atoms with Crippen LogP contribution in [0.5, 0.6) is 0 Å². The van der Waals surface area contributed by atoms with Crippen molar-refractivity contribution in [1.29, 1.82) is 0 Å². The highest BCUT2D eigenvalue weighted by Gasteiger charge is 2.60. The lowest BCUT2D eigenvalue weighted by atomic mass is 9.60. The zero-order valence-corrected chi connectivity index (χ0v) is 19.5. The minimum Gasteiger partial charge on any atom is -0.355 e. The Kier molecular flexibility index (Phi) is 6.50. The molecule has 1 unspecified atom stereocenters. The number of fused-ring (bicyclic) bond motifs is 1. The number of likely N-dealkylation sites (tertiary alicyclic amines) is 1. The molecule has 5 nitrogen and oxygen atoms in total. The van der Waals surface area contributed by atoms with Gasteiger partial charge < -0.3 is 10.2 Å². The molecule has 0 radical (unpaired) electrons. The lowest BCUT2D eigenvalue weighted by molar-refractivity contribution is -0.180. The Morgan fingerprint density at radius 1 is 0.970 bits per heavy atom. The van der Waals surface area contributed by atoms with E-state index >= 15 is 0 Å². The number of carbonyl (C=O) groups excluding carboxylic acids is 2. The second-order valence-electron chi connectivity index (χ2n) is 9.96. The quantitative estimate of drug-likeness (QED) is 0.516. The second kappa shape index (κ2) is 9.68. The molecule has 1 aliphatic carbocycles. The summed E-state index contributed by atoms with van der Waals surface area (Å²) in [5, 5.41) is 3.06. The molecule has 1 saturated carbocycles. The third kappa shape index (κ3) is 4.43. The van der Waals surface area contributed by atoms with Crippen LogP contribution in [0.3, 0.4) is 0 Å². The molecule has 2 aliphatic heterocycles. The second-order valence-corrected chi connectivity index (χ2v) is 9.96. The number of amides is 2. The Hall–Kier alpha value is -2.66. The Morgan fingerprint density at radius 3 is 2.48 bits per heavy atom. The fourth-order valence-electron chi connectivity index (χ4n) is 6.21. The maximum atomic E-state index is 13.2. The van der Waals surface area contributed by atoms with Gasteiger partial charge in [-0.05, 0) is 42.4 Å². The molecule has 1 atom stereocenters. The number of nitrogens with zero attached hydrogens (tertiary/aromatic N) is 2. The van der Waals surface area contributed by atoms with E-state index in [9.17, 15) is 9.59 Å². The molecule has 2 amide bonds. The summed E-state index contributed by atoms with van der Waals surface area (Å²) in [5.74, 6) is 0.136. The van der Waals surface area contributed by atoms with Crippen LogP contribution >= 0.6 is 0 Å². The SMILES string of the molecule is O=C(CN1C(=O)C2(CCCCC2)C1c1ccccc1)NCCCN1CCc2ccccc2C1. The van der Waals surface area contributed by atoms with E-state index in [-0.39, 0.29) is 29.8 Å². The van der Waals surface area contributed by atoms with Gasteiger partial charge in [0.2, 0.25) is 11.8 Å². The summed E-state index contributed by atoms with van der Waals surface area (Å²) >= 11 is 0. The number of carbonyl (C=O) groups is 2. The van der Waals surface area contributed by atoms with Crippen LogP contribution in [0.25, 0.3) is 0 Å². The van der Waals surface area contributed by atoms with Gasteiger partial charge in [0.05, 0.1) is 11.5 Å². The van der Waals surface area contributed by atoms with Crippen LogP contribution in [0.15, 0.2) is 54.6 Å². The van der Waals surface area contributed by atoms with Crippen LogP contribution in [-0.2, 0) is 22.6 Å². The maximum Gasteiger partial charge on any atom is 0.239 e. The highest BCUT2D eigenvalue weighted by molar-refractivity contribution is 5.94. The van der Waals surface area contributed by atoms with Crippen molar-refractivity contribution in [3.8, 4) is 0 Å². The molecule has 5 heteroatoms. The average Bonchev–Trinajstić information content (AvgIpc) is 2.87. The maximum absolute atomic E-state index is 13.2. The van der Waals surface area contributed by atoms with Crippen LogP contribution in [0.1, 0.15) is 61.3 Å². The Labute approximate surface area is 197 Å². The summed E-state index contributed by atoms with van der Waals surface area (Å²) in [7, 11) is 0. The van der Waals surface area contributed by atoms with Gasteiger partial charge in [-0.3, -0.25) is 14.5 Å². The van der Waals surface area contributed by atoms with E-state index in [0.29, 0.717) is 6.54 Å². The summed E-state index contributed by atoms with van der Waals surface area (Å²) < 4.78 is 0. The summed E-state index contributed by atoms with van der Waals surface area (Å²) in [4.78, 5) is 30.3. The Balaban J connectivity index is 1.12. The molecule has 3 aliphatic rings. The van der Waals surface area contributed by atoms with Crippen molar-refractivity contribution in [3.63, 3.8) is 0 Å². The first-order valence-corrected chi connectivity index (χ1v) is 12.6. The molecule has 5 rings (SSSR count).